The minimum absolute atomic E-state index is 0.00934. The van der Waals surface area contributed by atoms with Crippen molar-refractivity contribution in [2.75, 3.05) is 26.7 Å². The van der Waals surface area contributed by atoms with Crippen molar-refractivity contribution in [2.24, 2.45) is 56.6 Å². The fourth-order valence-corrected chi connectivity index (χ4v) is 13.2. The number of nitrogens with two attached hydrogens (primary N) is 1. The Labute approximate surface area is 272 Å². The van der Waals surface area contributed by atoms with E-state index >= 15 is 0 Å². The lowest BCUT2D eigenvalue weighted by molar-refractivity contribution is -0.229. The van der Waals surface area contributed by atoms with Crippen molar-refractivity contribution in [3.63, 3.8) is 0 Å². The van der Waals surface area contributed by atoms with Crippen LogP contribution in [0.2, 0.25) is 0 Å². The van der Waals surface area contributed by atoms with E-state index in [1.807, 2.05) is 0 Å². The highest BCUT2D eigenvalue weighted by molar-refractivity contribution is 5.92. The SMILES string of the molecule is CN=C(N)N1C=C[C@@H](CNCCO)[C@]23[C@@H]4CC[C@@](C)(CC[C@@H]12)[C@]31C[C@](O)([C@@H]2CC[C@H]3CC[C@@H]5C=CC=C[C@@H]5[C@H]3O2)C(C(=O)O)=C1C4. The molecule has 6 N–H and O–H groups in total. The molecule has 46 heavy (non-hydrogen) atoms. The molecule has 2 spiro atoms. The van der Waals surface area contributed by atoms with Crippen LogP contribution in [0.3, 0.4) is 0 Å². The van der Waals surface area contributed by atoms with Gasteiger partial charge in [0.25, 0.3) is 0 Å². The molecular formula is C37H52N4O5. The third kappa shape index (κ3) is 3.77. The molecule has 0 radical (unpaired) electrons. The molecule has 250 valence electrons. The Balaban J connectivity index is 1.27. The zero-order chi connectivity index (χ0) is 32.1. The number of rotatable bonds is 6. The summed E-state index contributed by atoms with van der Waals surface area (Å²) in [6.45, 7) is 3.63. The number of aliphatic hydroxyl groups is 2. The molecule has 2 heterocycles. The number of allylic oxidation sites excluding steroid dienone is 4. The molecule has 12 atom stereocenters. The second-order valence-corrected chi connectivity index (χ2v) is 16.0. The first-order valence-corrected chi connectivity index (χ1v) is 17.9. The van der Waals surface area contributed by atoms with Crippen LogP contribution < -0.4 is 11.1 Å². The minimum atomic E-state index is -1.58. The number of hydrogen-bond acceptors (Lipinski definition) is 6. The number of fused-ring (bicyclic) bond motifs is 3. The number of carboxylic acid groups (broad SMARTS) is 1. The Kier molecular flexibility index (Phi) is 7.23. The Morgan fingerprint density at radius 3 is 2.70 bits per heavy atom. The second kappa shape index (κ2) is 10.8. The lowest BCUT2D eigenvalue weighted by Gasteiger charge is -2.71. The van der Waals surface area contributed by atoms with E-state index in [9.17, 15) is 20.1 Å². The first-order chi connectivity index (χ1) is 22.2. The number of nitrogens with zero attached hydrogens (tertiary/aromatic N) is 2. The van der Waals surface area contributed by atoms with Crippen LogP contribution in [-0.4, -0.2) is 82.7 Å². The van der Waals surface area contributed by atoms with Crippen LogP contribution in [0.25, 0.3) is 0 Å². The van der Waals surface area contributed by atoms with E-state index in [0.717, 1.165) is 50.5 Å². The summed E-state index contributed by atoms with van der Waals surface area (Å²) in [6, 6.07) is 0.0327. The number of hydrogen-bond donors (Lipinski definition) is 5. The molecule has 4 bridgehead atoms. The number of ether oxygens (including phenoxy) is 1. The predicted octanol–water partition coefficient (Wildman–Crippen LogP) is 3.75. The van der Waals surface area contributed by atoms with Crippen LogP contribution in [0.1, 0.15) is 71.1 Å². The second-order valence-electron chi connectivity index (χ2n) is 16.0. The van der Waals surface area contributed by atoms with Crippen LogP contribution in [0.15, 0.2) is 52.7 Å². The molecule has 8 rings (SSSR count). The third-order valence-electron chi connectivity index (χ3n) is 14.7. The van der Waals surface area contributed by atoms with Gasteiger partial charge >= 0.3 is 5.97 Å². The van der Waals surface area contributed by atoms with E-state index < -0.39 is 23.1 Å². The fourth-order valence-electron chi connectivity index (χ4n) is 13.2. The topological polar surface area (TPSA) is 141 Å². The molecule has 9 nitrogen and oxygen atoms in total. The van der Waals surface area contributed by atoms with Gasteiger partial charge in [-0.2, -0.15) is 0 Å². The molecule has 0 unspecified atom stereocenters. The average molecular weight is 633 g/mol. The van der Waals surface area contributed by atoms with Gasteiger partial charge in [-0.15, -0.1) is 0 Å². The molecule has 5 fully saturated rings. The highest BCUT2D eigenvalue weighted by Crippen LogP contribution is 2.84. The van der Waals surface area contributed by atoms with Gasteiger partial charge in [0.1, 0.15) is 5.60 Å². The summed E-state index contributed by atoms with van der Waals surface area (Å²) in [6.07, 6.45) is 21.5. The normalized spacial score (nSPS) is 48.6. The van der Waals surface area contributed by atoms with Gasteiger partial charge in [-0.25, -0.2) is 4.79 Å². The summed E-state index contributed by atoms with van der Waals surface area (Å²) in [5.74, 6) is 0.974. The molecule has 0 aromatic heterocycles. The van der Waals surface area contributed by atoms with Crippen molar-refractivity contribution in [1.82, 2.24) is 10.2 Å². The standard InChI is InChI=1S/C37H52N4O5/c1-34-14-11-24-19-27-30(32(43)44)35(45,29-10-9-23-8-7-22-5-3-4-6-26(22)31(23)46-29)21-36(27,34)37(24)25(20-40-16-18-42)13-17-41(33(38)39-2)28(37)12-15-34/h3-6,13,17,22-26,28-29,31,40,42,45H,7-12,14-16,18-21H2,1-2H3,(H2,38,39)(H,43,44)/t22-,23+,24+,25-,26-,28+,29-,31-,34-,35-,36+,37+/m0/s1. The molecule has 0 amide bonds. The average Bonchev–Trinajstić information content (AvgIpc) is 3.44. The first-order valence-electron chi connectivity index (χ1n) is 17.9. The molecule has 6 aliphatic carbocycles. The van der Waals surface area contributed by atoms with Crippen LogP contribution in [-0.2, 0) is 9.53 Å². The number of nitrogens with one attached hydrogen (secondary N) is 1. The lowest BCUT2D eigenvalue weighted by Crippen LogP contribution is -2.72. The van der Waals surface area contributed by atoms with E-state index in [-0.39, 0.29) is 52.9 Å². The zero-order valence-corrected chi connectivity index (χ0v) is 27.4. The summed E-state index contributed by atoms with van der Waals surface area (Å²) in [5, 5.41) is 37.5. The van der Waals surface area contributed by atoms with E-state index in [2.05, 4.69) is 58.7 Å². The Hall–Kier alpha value is -2.46. The highest BCUT2D eigenvalue weighted by atomic mass is 16.5. The van der Waals surface area contributed by atoms with Gasteiger partial charge < -0.3 is 36.0 Å². The smallest absolute Gasteiger partial charge is 0.334 e. The number of aliphatic imine (C=N–C) groups is 1. The maximum Gasteiger partial charge on any atom is 0.334 e. The van der Waals surface area contributed by atoms with Crippen molar-refractivity contribution >= 4 is 11.9 Å². The first kappa shape index (κ1) is 30.8. The van der Waals surface area contributed by atoms with E-state index in [1.165, 1.54) is 0 Å². The molecule has 0 aromatic carbocycles. The summed E-state index contributed by atoms with van der Waals surface area (Å²) in [4.78, 5) is 20.2. The van der Waals surface area contributed by atoms with Gasteiger partial charge in [-0.1, -0.05) is 37.3 Å². The van der Waals surface area contributed by atoms with Gasteiger partial charge in [0.05, 0.1) is 24.4 Å². The zero-order valence-electron chi connectivity index (χ0n) is 27.4. The van der Waals surface area contributed by atoms with Crippen molar-refractivity contribution in [1.29, 1.82) is 0 Å². The van der Waals surface area contributed by atoms with E-state index in [1.54, 1.807) is 7.05 Å². The molecule has 0 aromatic rings. The molecule has 1 saturated heterocycles. The Morgan fingerprint density at radius 2 is 1.91 bits per heavy atom. The quantitative estimate of drug-likeness (QED) is 0.170. The summed E-state index contributed by atoms with van der Waals surface area (Å²) in [7, 11) is 1.73. The molecule has 8 aliphatic rings. The fraction of sp³-hybridized carbons (Fsp3) is 0.730. The van der Waals surface area contributed by atoms with Gasteiger partial charge in [0.15, 0.2) is 5.96 Å². The summed E-state index contributed by atoms with van der Waals surface area (Å²) >= 11 is 0. The van der Waals surface area contributed by atoms with Crippen LogP contribution in [0.4, 0.5) is 0 Å². The Morgan fingerprint density at radius 1 is 1.13 bits per heavy atom. The van der Waals surface area contributed by atoms with Crippen molar-refractivity contribution < 1.29 is 24.9 Å². The van der Waals surface area contributed by atoms with Gasteiger partial charge in [0, 0.05) is 49.1 Å². The largest absolute Gasteiger partial charge is 0.478 e. The third-order valence-corrected chi connectivity index (χ3v) is 14.7. The maximum atomic E-state index is 13.6. The lowest BCUT2D eigenvalue weighted by atomic mass is 9.35. The van der Waals surface area contributed by atoms with Crippen molar-refractivity contribution in [3.8, 4) is 0 Å². The predicted molar refractivity (Wildman–Crippen MR) is 175 cm³/mol. The minimum Gasteiger partial charge on any atom is -0.478 e. The highest BCUT2D eigenvalue weighted by Gasteiger charge is 2.82. The van der Waals surface area contributed by atoms with Gasteiger partial charge in [0.2, 0.25) is 0 Å². The number of aliphatic hydroxyl groups excluding tert-OH is 1. The number of guanidine groups is 1. The van der Waals surface area contributed by atoms with Crippen LogP contribution >= 0.6 is 0 Å². The number of aliphatic carboxylic acids is 1. The molecule has 9 heteroatoms. The summed E-state index contributed by atoms with van der Waals surface area (Å²) in [5.41, 5.74) is 5.21. The van der Waals surface area contributed by atoms with Crippen LogP contribution in [0.5, 0.6) is 0 Å². The van der Waals surface area contributed by atoms with Gasteiger partial charge in [-0.05, 0) is 98.9 Å². The van der Waals surface area contributed by atoms with E-state index in [4.69, 9.17) is 10.5 Å². The molecular weight excluding hydrogens is 580 g/mol. The van der Waals surface area contributed by atoms with Crippen LogP contribution in [0, 0.1) is 45.8 Å². The van der Waals surface area contributed by atoms with Crippen molar-refractivity contribution in [2.45, 2.75) is 95.0 Å². The van der Waals surface area contributed by atoms with E-state index in [0.29, 0.717) is 50.1 Å². The maximum absolute atomic E-state index is 13.6. The Bertz CT molecular complexity index is 1440. The number of carboxylic acids is 1. The van der Waals surface area contributed by atoms with Gasteiger partial charge in [-0.3, -0.25) is 4.99 Å². The number of carbonyl (C=O) groups is 1. The molecule has 2 aliphatic heterocycles. The van der Waals surface area contributed by atoms with Crippen molar-refractivity contribution in [3.05, 3.63) is 47.7 Å². The molecule has 4 saturated carbocycles. The summed E-state index contributed by atoms with van der Waals surface area (Å²) < 4.78 is 7.06. The monoisotopic (exact) mass is 632 g/mol.